The number of rotatable bonds is 5. The van der Waals surface area contributed by atoms with Gasteiger partial charge in [-0.15, -0.1) is 0 Å². The Bertz CT molecular complexity index is 189. The molecule has 2 aliphatic rings. The van der Waals surface area contributed by atoms with Gasteiger partial charge in [0.15, 0.2) is 0 Å². The summed E-state index contributed by atoms with van der Waals surface area (Å²) in [4.78, 5) is 2.69. The monoisotopic (exact) mass is 225 g/mol. The zero-order chi connectivity index (χ0) is 11.2. The van der Waals surface area contributed by atoms with Crippen LogP contribution >= 0.6 is 0 Å². The number of nitrogens with zero attached hydrogens (tertiary/aromatic N) is 1. The molecule has 0 aromatic heterocycles. The lowest BCUT2D eigenvalue weighted by atomic mass is 9.94. The topological polar surface area (TPSA) is 12.5 Å². The predicted octanol–water partition coefficient (Wildman–Crippen LogP) is 3.21. The van der Waals surface area contributed by atoms with Gasteiger partial charge in [0.2, 0.25) is 0 Å². The minimum Gasteiger partial charge on any atom is -0.377 e. The molecule has 94 valence electrons. The molecule has 0 aromatic rings. The van der Waals surface area contributed by atoms with Crippen LogP contribution in [0.5, 0.6) is 0 Å². The van der Waals surface area contributed by atoms with Gasteiger partial charge >= 0.3 is 0 Å². The lowest BCUT2D eigenvalue weighted by molar-refractivity contribution is 0.0510. The Morgan fingerprint density at radius 2 is 1.94 bits per heavy atom. The molecule has 1 heterocycles. The molecule has 2 fully saturated rings. The maximum Gasteiger partial charge on any atom is 0.0714 e. The SMILES string of the molecule is CCCCO[C@@H]1CCN(C2CCCCC2)C1. The van der Waals surface area contributed by atoms with Gasteiger partial charge < -0.3 is 4.74 Å². The molecule has 0 amide bonds. The van der Waals surface area contributed by atoms with Gasteiger partial charge in [0.05, 0.1) is 6.10 Å². The molecule has 16 heavy (non-hydrogen) atoms. The van der Waals surface area contributed by atoms with Gasteiger partial charge in [-0.05, 0) is 25.7 Å². The number of ether oxygens (including phenoxy) is 1. The van der Waals surface area contributed by atoms with E-state index in [0.717, 1.165) is 12.6 Å². The van der Waals surface area contributed by atoms with Crippen LogP contribution in [0.4, 0.5) is 0 Å². The number of hydrogen-bond acceptors (Lipinski definition) is 2. The summed E-state index contributed by atoms with van der Waals surface area (Å²) in [5.74, 6) is 0. The Hall–Kier alpha value is -0.0800. The van der Waals surface area contributed by atoms with E-state index in [2.05, 4.69) is 11.8 Å². The third-order valence-electron chi connectivity index (χ3n) is 4.12. The molecular formula is C14H27NO. The van der Waals surface area contributed by atoms with Crippen LogP contribution in [0.1, 0.15) is 58.3 Å². The molecule has 0 spiro atoms. The molecular weight excluding hydrogens is 198 g/mol. The highest BCUT2D eigenvalue weighted by molar-refractivity contribution is 4.83. The van der Waals surface area contributed by atoms with Crippen molar-refractivity contribution in [2.45, 2.75) is 70.4 Å². The van der Waals surface area contributed by atoms with Crippen LogP contribution in [0.15, 0.2) is 0 Å². The Morgan fingerprint density at radius 3 is 2.69 bits per heavy atom. The van der Waals surface area contributed by atoms with Crippen LogP contribution in [-0.2, 0) is 4.74 Å². The van der Waals surface area contributed by atoms with Crippen molar-refractivity contribution in [2.75, 3.05) is 19.7 Å². The molecule has 2 heteroatoms. The summed E-state index contributed by atoms with van der Waals surface area (Å²) in [6.07, 6.45) is 11.5. The van der Waals surface area contributed by atoms with Crippen molar-refractivity contribution in [1.82, 2.24) is 4.90 Å². The second kappa shape index (κ2) is 6.61. The first-order valence-electron chi connectivity index (χ1n) is 7.26. The van der Waals surface area contributed by atoms with E-state index in [0.29, 0.717) is 6.10 Å². The summed E-state index contributed by atoms with van der Waals surface area (Å²) in [6, 6.07) is 0.883. The average Bonchev–Trinajstić information content (AvgIpc) is 2.79. The molecule has 0 radical (unpaired) electrons. The summed E-state index contributed by atoms with van der Waals surface area (Å²) in [5, 5.41) is 0. The second-order valence-electron chi connectivity index (χ2n) is 5.42. The van der Waals surface area contributed by atoms with Crippen LogP contribution in [0.2, 0.25) is 0 Å². The normalized spacial score (nSPS) is 28.7. The van der Waals surface area contributed by atoms with Gasteiger partial charge in [-0.1, -0.05) is 32.6 Å². The molecule has 0 bridgehead atoms. The number of likely N-dealkylation sites (tertiary alicyclic amines) is 1. The zero-order valence-electron chi connectivity index (χ0n) is 10.8. The minimum atomic E-state index is 0.536. The fourth-order valence-corrected chi connectivity index (χ4v) is 3.06. The molecule has 1 saturated carbocycles. The van der Waals surface area contributed by atoms with E-state index in [-0.39, 0.29) is 0 Å². The maximum atomic E-state index is 5.92. The van der Waals surface area contributed by atoms with Gasteiger partial charge in [-0.25, -0.2) is 0 Å². The quantitative estimate of drug-likeness (QED) is 0.666. The van der Waals surface area contributed by atoms with Gasteiger partial charge in [0.25, 0.3) is 0 Å². The van der Waals surface area contributed by atoms with E-state index in [1.165, 1.54) is 64.5 Å². The molecule has 0 unspecified atom stereocenters. The maximum absolute atomic E-state index is 5.92. The van der Waals surface area contributed by atoms with E-state index in [1.54, 1.807) is 0 Å². The van der Waals surface area contributed by atoms with Crippen LogP contribution in [0.3, 0.4) is 0 Å². The summed E-state index contributed by atoms with van der Waals surface area (Å²) in [7, 11) is 0. The Kier molecular flexibility index (Phi) is 5.11. The van der Waals surface area contributed by atoms with Gasteiger partial charge in [-0.2, -0.15) is 0 Å². The highest BCUT2D eigenvalue weighted by atomic mass is 16.5. The van der Waals surface area contributed by atoms with Crippen molar-refractivity contribution < 1.29 is 4.74 Å². The fraction of sp³-hybridized carbons (Fsp3) is 1.00. The zero-order valence-corrected chi connectivity index (χ0v) is 10.8. The first-order chi connectivity index (χ1) is 7.90. The summed E-state index contributed by atoms with van der Waals surface area (Å²) < 4.78 is 5.92. The Balaban J connectivity index is 1.66. The molecule has 0 N–H and O–H groups in total. The molecule has 2 rings (SSSR count). The van der Waals surface area contributed by atoms with Gasteiger partial charge in [-0.3, -0.25) is 4.90 Å². The van der Waals surface area contributed by atoms with E-state index >= 15 is 0 Å². The third kappa shape index (κ3) is 3.46. The van der Waals surface area contributed by atoms with Crippen molar-refractivity contribution in [2.24, 2.45) is 0 Å². The van der Waals surface area contributed by atoms with E-state index in [9.17, 15) is 0 Å². The highest BCUT2D eigenvalue weighted by Gasteiger charge is 2.29. The van der Waals surface area contributed by atoms with Crippen molar-refractivity contribution in [1.29, 1.82) is 0 Å². The molecule has 1 saturated heterocycles. The Morgan fingerprint density at radius 1 is 1.12 bits per heavy atom. The van der Waals surface area contributed by atoms with Crippen LogP contribution in [0, 0.1) is 0 Å². The van der Waals surface area contributed by atoms with Gasteiger partial charge in [0.1, 0.15) is 0 Å². The number of unbranched alkanes of at least 4 members (excludes halogenated alkanes) is 1. The van der Waals surface area contributed by atoms with Gasteiger partial charge in [0, 0.05) is 25.7 Å². The first-order valence-corrected chi connectivity index (χ1v) is 7.26. The molecule has 0 aromatic carbocycles. The van der Waals surface area contributed by atoms with Crippen LogP contribution in [0.25, 0.3) is 0 Å². The lowest BCUT2D eigenvalue weighted by Gasteiger charge is -2.30. The van der Waals surface area contributed by atoms with Crippen molar-refractivity contribution in [3.05, 3.63) is 0 Å². The molecule has 2 nitrogen and oxygen atoms in total. The predicted molar refractivity (Wildman–Crippen MR) is 67.7 cm³/mol. The van der Waals surface area contributed by atoms with E-state index in [1.807, 2.05) is 0 Å². The van der Waals surface area contributed by atoms with Crippen LogP contribution < -0.4 is 0 Å². The standard InChI is InChI=1S/C14H27NO/c1-2-3-11-16-14-9-10-15(12-14)13-7-5-4-6-8-13/h13-14H,2-12H2,1H3/t14-/m1/s1. The van der Waals surface area contributed by atoms with Crippen molar-refractivity contribution in [3.63, 3.8) is 0 Å². The fourth-order valence-electron chi connectivity index (χ4n) is 3.06. The van der Waals surface area contributed by atoms with E-state index < -0.39 is 0 Å². The molecule has 1 aliphatic heterocycles. The highest BCUT2D eigenvalue weighted by Crippen LogP contribution is 2.26. The first kappa shape index (κ1) is 12.4. The largest absolute Gasteiger partial charge is 0.377 e. The minimum absolute atomic E-state index is 0.536. The average molecular weight is 225 g/mol. The smallest absolute Gasteiger partial charge is 0.0714 e. The summed E-state index contributed by atoms with van der Waals surface area (Å²) >= 11 is 0. The van der Waals surface area contributed by atoms with Crippen LogP contribution in [-0.4, -0.2) is 36.7 Å². The van der Waals surface area contributed by atoms with Crippen molar-refractivity contribution in [3.8, 4) is 0 Å². The van der Waals surface area contributed by atoms with Crippen molar-refractivity contribution >= 4 is 0 Å². The number of hydrogen-bond donors (Lipinski definition) is 0. The van der Waals surface area contributed by atoms with E-state index in [4.69, 9.17) is 4.74 Å². The second-order valence-corrected chi connectivity index (χ2v) is 5.42. The molecule has 1 aliphatic carbocycles. The summed E-state index contributed by atoms with van der Waals surface area (Å²) in [6.45, 7) is 5.68. The lowest BCUT2D eigenvalue weighted by Crippen LogP contribution is -2.35. The molecule has 1 atom stereocenters. The summed E-state index contributed by atoms with van der Waals surface area (Å²) in [5.41, 5.74) is 0. The third-order valence-corrected chi connectivity index (χ3v) is 4.12. The Labute approximate surface area is 100 Å².